The van der Waals surface area contributed by atoms with Gasteiger partial charge < -0.3 is 20.4 Å². The van der Waals surface area contributed by atoms with E-state index in [-0.39, 0.29) is 28.7 Å². The minimum atomic E-state index is -1.00. The molecule has 0 bridgehead atoms. The number of unbranched alkanes of at least 4 members (excludes halogenated alkanes) is 1. The standard InChI is InChI=1S/C35H52O6/c1-23-19-25(30(38)27(21-23)33(3,4)5)13-11-17-35(32(40)41,16-10-9-15-29(36)37)18-12-14-26-20-24(2)22-28(31(26)39)34(6,7)8/h19-22,38-39H,9-18H2,1-8H3,(H,36,37)(H,40,41). The van der Waals surface area contributed by atoms with Gasteiger partial charge in [-0.15, -0.1) is 0 Å². The van der Waals surface area contributed by atoms with Gasteiger partial charge in [0.15, 0.2) is 0 Å². The molecule has 0 fully saturated rings. The van der Waals surface area contributed by atoms with Crippen LogP contribution in [0.25, 0.3) is 0 Å². The number of carboxylic acid groups (broad SMARTS) is 2. The Kier molecular flexibility index (Phi) is 11.5. The number of rotatable bonds is 14. The Bertz CT molecular complexity index is 1140. The maximum atomic E-state index is 12.8. The van der Waals surface area contributed by atoms with Crippen LogP contribution in [-0.2, 0) is 33.3 Å². The third-order valence-electron chi connectivity index (χ3n) is 8.23. The first-order chi connectivity index (χ1) is 18.9. The summed E-state index contributed by atoms with van der Waals surface area (Å²) >= 11 is 0. The normalized spacial score (nSPS) is 12.5. The summed E-state index contributed by atoms with van der Waals surface area (Å²) in [6, 6.07) is 7.98. The number of benzene rings is 2. The zero-order valence-corrected chi connectivity index (χ0v) is 26.5. The van der Waals surface area contributed by atoms with Crippen molar-refractivity contribution in [1.82, 2.24) is 0 Å². The lowest BCUT2D eigenvalue weighted by molar-refractivity contribution is -0.150. The number of aryl methyl sites for hydroxylation is 4. The molecule has 0 saturated carbocycles. The fraction of sp³-hybridized carbons (Fsp3) is 0.600. The van der Waals surface area contributed by atoms with E-state index in [1.54, 1.807) is 0 Å². The number of aromatic hydroxyl groups is 2. The minimum Gasteiger partial charge on any atom is -0.507 e. The van der Waals surface area contributed by atoms with Crippen LogP contribution in [0.4, 0.5) is 0 Å². The van der Waals surface area contributed by atoms with Gasteiger partial charge in [-0.3, -0.25) is 9.59 Å². The first-order valence-electron chi connectivity index (χ1n) is 15.0. The Hall–Kier alpha value is -3.02. The van der Waals surface area contributed by atoms with E-state index in [0.717, 1.165) is 33.4 Å². The highest BCUT2D eigenvalue weighted by Crippen LogP contribution is 2.41. The summed E-state index contributed by atoms with van der Waals surface area (Å²) in [5.41, 5.74) is 4.14. The molecule has 0 aliphatic rings. The molecule has 0 aliphatic carbocycles. The summed E-state index contributed by atoms with van der Waals surface area (Å²) in [4.78, 5) is 23.9. The fourth-order valence-corrected chi connectivity index (χ4v) is 5.90. The minimum absolute atomic E-state index is 0.0230. The number of phenolic OH excluding ortho intramolecular Hbond substituents is 2. The first-order valence-corrected chi connectivity index (χ1v) is 15.0. The van der Waals surface area contributed by atoms with Crippen molar-refractivity contribution in [2.75, 3.05) is 0 Å². The predicted molar refractivity (Wildman–Crippen MR) is 165 cm³/mol. The number of aliphatic carboxylic acids is 2. The Morgan fingerprint density at radius 3 is 1.37 bits per heavy atom. The van der Waals surface area contributed by atoms with Gasteiger partial charge >= 0.3 is 11.9 Å². The predicted octanol–water partition coefficient (Wildman–Crippen LogP) is 8.37. The van der Waals surface area contributed by atoms with E-state index in [4.69, 9.17) is 5.11 Å². The molecule has 0 aliphatic heterocycles. The molecule has 2 rings (SSSR count). The maximum Gasteiger partial charge on any atom is 0.309 e. The summed E-state index contributed by atoms with van der Waals surface area (Å²) in [5, 5.41) is 41.6. The van der Waals surface area contributed by atoms with Crippen LogP contribution in [0.3, 0.4) is 0 Å². The molecule has 2 aromatic rings. The summed E-state index contributed by atoms with van der Waals surface area (Å²) in [5.74, 6) is -1.16. The van der Waals surface area contributed by atoms with Gasteiger partial charge in [0.05, 0.1) is 5.41 Å². The van der Waals surface area contributed by atoms with E-state index >= 15 is 0 Å². The molecule has 0 amide bonds. The highest BCUT2D eigenvalue weighted by atomic mass is 16.4. The van der Waals surface area contributed by atoms with Gasteiger partial charge in [-0.1, -0.05) is 83.4 Å². The van der Waals surface area contributed by atoms with E-state index in [2.05, 4.69) is 41.5 Å². The second-order valence-electron chi connectivity index (χ2n) is 14.0. The van der Waals surface area contributed by atoms with Crippen LogP contribution in [0.5, 0.6) is 11.5 Å². The van der Waals surface area contributed by atoms with Crippen LogP contribution < -0.4 is 0 Å². The van der Waals surface area contributed by atoms with Crippen LogP contribution in [-0.4, -0.2) is 32.4 Å². The number of hydrogen-bond donors (Lipinski definition) is 4. The molecule has 4 N–H and O–H groups in total. The molecule has 6 nitrogen and oxygen atoms in total. The number of carboxylic acids is 2. The molecular formula is C35H52O6. The van der Waals surface area contributed by atoms with Crippen molar-refractivity contribution in [3.05, 3.63) is 57.6 Å². The van der Waals surface area contributed by atoms with Crippen LogP contribution >= 0.6 is 0 Å². The van der Waals surface area contributed by atoms with Crippen molar-refractivity contribution in [2.24, 2.45) is 5.41 Å². The zero-order chi connectivity index (χ0) is 31.2. The largest absolute Gasteiger partial charge is 0.507 e. The number of hydrogen-bond acceptors (Lipinski definition) is 4. The summed E-state index contributed by atoms with van der Waals surface area (Å²) in [6.07, 6.45) is 4.55. The van der Waals surface area contributed by atoms with Gasteiger partial charge in [0, 0.05) is 6.42 Å². The number of carbonyl (C=O) groups is 2. The Morgan fingerprint density at radius 1 is 0.634 bits per heavy atom. The molecule has 0 radical (unpaired) electrons. The monoisotopic (exact) mass is 568 g/mol. The van der Waals surface area contributed by atoms with Crippen molar-refractivity contribution in [3.8, 4) is 11.5 Å². The quantitative estimate of drug-likeness (QED) is 0.170. The maximum absolute atomic E-state index is 12.8. The molecule has 2 aromatic carbocycles. The smallest absolute Gasteiger partial charge is 0.309 e. The van der Waals surface area contributed by atoms with Gasteiger partial charge in [0.25, 0.3) is 0 Å². The van der Waals surface area contributed by atoms with E-state index in [0.29, 0.717) is 57.8 Å². The van der Waals surface area contributed by atoms with Crippen LogP contribution in [0, 0.1) is 19.3 Å². The molecular weight excluding hydrogens is 516 g/mol. The number of phenols is 2. The molecule has 0 atom stereocenters. The molecule has 0 spiro atoms. The van der Waals surface area contributed by atoms with Crippen molar-refractivity contribution in [1.29, 1.82) is 0 Å². The molecule has 0 saturated heterocycles. The van der Waals surface area contributed by atoms with Crippen molar-refractivity contribution in [3.63, 3.8) is 0 Å². The van der Waals surface area contributed by atoms with Gasteiger partial charge in [0.1, 0.15) is 11.5 Å². The highest BCUT2D eigenvalue weighted by Gasteiger charge is 2.37. The Labute approximate surface area is 246 Å². The van der Waals surface area contributed by atoms with Crippen molar-refractivity contribution < 1.29 is 30.0 Å². The van der Waals surface area contributed by atoms with Gasteiger partial charge in [-0.2, -0.15) is 0 Å². The SMILES string of the molecule is Cc1cc(CCCC(CCCCC(=O)O)(CCCc2cc(C)cc(C(C)(C)C)c2O)C(=O)O)c(O)c(C(C)(C)C)c1. The van der Waals surface area contributed by atoms with Crippen LogP contribution in [0.1, 0.15) is 126 Å². The summed E-state index contributed by atoms with van der Waals surface area (Å²) < 4.78 is 0. The van der Waals surface area contributed by atoms with E-state index in [9.17, 15) is 24.9 Å². The second-order valence-corrected chi connectivity index (χ2v) is 14.0. The van der Waals surface area contributed by atoms with E-state index in [1.165, 1.54) is 0 Å². The van der Waals surface area contributed by atoms with Crippen LogP contribution in [0.15, 0.2) is 24.3 Å². The Morgan fingerprint density at radius 2 is 1.02 bits per heavy atom. The second kappa shape index (κ2) is 13.8. The molecule has 228 valence electrons. The lowest BCUT2D eigenvalue weighted by Crippen LogP contribution is -2.31. The third kappa shape index (κ3) is 9.51. The first kappa shape index (κ1) is 34.2. The summed E-state index contributed by atoms with van der Waals surface area (Å²) in [6.45, 7) is 16.4. The molecule has 6 heteroatoms. The molecule has 41 heavy (non-hydrogen) atoms. The van der Waals surface area contributed by atoms with Crippen molar-refractivity contribution >= 4 is 11.9 Å². The van der Waals surface area contributed by atoms with Crippen LogP contribution in [0.2, 0.25) is 0 Å². The van der Waals surface area contributed by atoms with Gasteiger partial charge in [0.2, 0.25) is 0 Å². The lowest BCUT2D eigenvalue weighted by atomic mass is 9.73. The average molecular weight is 569 g/mol. The lowest BCUT2D eigenvalue weighted by Gasteiger charge is -2.30. The third-order valence-corrected chi connectivity index (χ3v) is 8.23. The molecule has 0 heterocycles. The summed E-state index contributed by atoms with van der Waals surface area (Å²) in [7, 11) is 0. The average Bonchev–Trinajstić information content (AvgIpc) is 2.83. The Balaban J connectivity index is 2.27. The topological polar surface area (TPSA) is 115 Å². The van der Waals surface area contributed by atoms with Gasteiger partial charge in [-0.05, 0) is 98.3 Å². The fourth-order valence-electron chi connectivity index (χ4n) is 5.90. The molecule has 0 aromatic heterocycles. The zero-order valence-electron chi connectivity index (χ0n) is 26.5. The van der Waals surface area contributed by atoms with Gasteiger partial charge in [-0.25, -0.2) is 0 Å². The van der Waals surface area contributed by atoms with E-state index < -0.39 is 17.4 Å². The molecule has 0 unspecified atom stereocenters. The highest BCUT2D eigenvalue weighted by molar-refractivity contribution is 5.74. The van der Waals surface area contributed by atoms with Crippen molar-refractivity contribution in [2.45, 2.75) is 130 Å². The van der Waals surface area contributed by atoms with E-state index in [1.807, 2.05) is 38.1 Å².